The number of rotatable bonds is 11. The molecular formula is C23H35F2N7O3. The number of hydrogen-bond donors (Lipinski definition) is 3. The molecule has 194 valence electrons. The first kappa shape index (κ1) is 31.4. The van der Waals surface area contributed by atoms with Crippen molar-refractivity contribution in [3.63, 3.8) is 0 Å². The fourth-order valence-corrected chi connectivity index (χ4v) is 2.50. The number of halogens is 2. The van der Waals surface area contributed by atoms with Crippen LogP contribution in [0.4, 0.5) is 14.6 Å². The summed E-state index contributed by atoms with van der Waals surface area (Å²) < 4.78 is 37.1. The summed E-state index contributed by atoms with van der Waals surface area (Å²) in [5.41, 5.74) is 5.51. The lowest BCUT2D eigenvalue weighted by molar-refractivity contribution is 0.0627. The topological polar surface area (TPSA) is 145 Å². The van der Waals surface area contributed by atoms with Crippen LogP contribution in [-0.4, -0.2) is 67.2 Å². The molecule has 1 aromatic rings. The van der Waals surface area contributed by atoms with Crippen molar-refractivity contribution in [3.05, 3.63) is 72.1 Å². The number of allylic oxidation sites excluding steroid dienone is 5. The van der Waals surface area contributed by atoms with E-state index in [1.807, 2.05) is 19.1 Å². The van der Waals surface area contributed by atoms with Gasteiger partial charge in [0.15, 0.2) is 11.7 Å². The van der Waals surface area contributed by atoms with Crippen LogP contribution in [0.3, 0.4) is 0 Å². The number of amidine groups is 1. The molecule has 0 aliphatic rings. The summed E-state index contributed by atoms with van der Waals surface area (Å²) in [6.45, 7) is 10.9. The fourth-order valence-electron chi connectivity index (χ4n) is 2.50. The predicted octanol–water partition coefficient (Wildman–Crippen LogP) is 2.63. The lowest BCUT2D eigenvalue weighted by Crippen LogP contribution is -2.39. The van der Waals surface area contributed by atoms with Gasteiger partial charge in [0.1, 0.15) is 11.6 Å². The number of hydrazone groups is 1. The number of carbonyl (C=O) groups is 1. The second-order valence-corrected chi connectivity index (χ2v) is 6.81. The number of aromatic nitrogens is 1. The van der Waals surface area contributed by atoms with Crippen molar-refractivity contribution >= 4 is 17.6 Å². The Morgan fingerprint density at radius 3 is 2.23 bits per heavy atom. The Labute approximate surface area is 205 Å². The SMILES string of the molecule is C=C(/C(F)=C(\C)F)N(N)/C(=N\N)c1cc(C(=O)N(CCOC)CCOC)cnc1N.C=C/C=C\C. The first-order valence-electron chi connectivity index (χ1n) is 10.4. The van der Waals surface area contributed by atoms with Gasteiger partial charge < -0.3 is 25.9 Å². The van der Waals surface area contributed by atoms with Gasteiger partial charge in [-0.2, -0.15) is 5.10 Å². The van der Waals surface area contributed by atoms with Crippen molar-refractivity contribution in [3.8, 4) is 0 Å². The molecule has 0 saturated carbocycles. The van der Waals surface area contributed by atoms with E-state index in [0.717, 1.165) is 6.92 Å². The molecule has 0 aliphatic heterocycles. The molecule has 35 heavy (non-hydrogen) atoms. The third-order valence-corrected chi connectivity index (χ3v) is 4.35. The van der Waals surface area contributed by atoms with Crippen molar-refractivity contribution in [2.24, 2.45) is 16.8 Å². The van der Waals surface area contributed by atoms with Gasteiger partial charge in [-0.25, -0.2) is 19.6 Å². The van der Waals surface area contributed by atoms with E-state index in [2.05, 4.69) is 23.2 Å². The second kappa shape index (κ2) is 16.9. The number of carbonyl (C=O) groups excluding carboxylic acids is 1. The predicted molar refractivity (Wildman–Crippen MR) is 134 cm³/mol. The number of ether oxygens (including phenoxy) is 2. The minimum Gasteiger partial charge on any atom is -0.383 e. The van der Waals surface area contributed by atoms with E-state index >= 15 is 0 Å². The summed E-state index contributed by atoms with van der Waals surface area (Å²) in [7, 11) is 3.03. The van der Waals surface area contributed by atoms with Crippen LogP contribution in [0.15, 0.2) is 66.1 Å². The van der Waals surface area contributed by atoms with E-state index < -0.39 is 17.4 Å². The lowest BCUT2D eigenvalue weighted by atomic mass is 10.1. The van der Waals surface area contributed by atoms with Gasteiger partial charge in [0.25, 0.3) is 5.91 Å². The summed E-state index contributed by atoms with van der Waals surface area (Å²) in [6.07, 6.45) is 6.84. The van der Waals surface area contributed by atoms with Gasteiger partial charge in [-0.1, -0.05) is 31.4 Å². The van der Waals surface area contributed by atoms with Crippen LogP contribution >= 0.6 is 0 Å². The third kappa shape index (κ3) is 10.0. The molecule has 0 aromatic carbocycles. The normalized spacial score (nSPS) is 11.9. The molecule has 1 amide bonds. The van der Waals surface area contributed by atoms with Crippen LogP contribution in [0.2, 0.25) is 0 Å². The van der Waals surface area contributed by atoms with Crippen molar-refractivity contribution in [1.29, 1.82) is 0 Å². The number of nitrogens with two attached hydrogens (primary N) is 3. The summed E-state index contributed by atoms with van der Waals surface area (Å²) in [5.74, 6) is 8.03. The minimum absolute atomic E-state index is 0.0368. The highest BCUT2D eigenvalue weighted by atomic mass is 19.2. The van der Waals surface area contributed by atoms with Gasteiger partial charge >= 0.3 is 0 Å². The van der Waals surface area contributed by atoms with Gasteiger partial charge in [0, 0.05) is 33.5 Å². The second-order valence-electron chi connectivity index (χ2n) is 6.81. The molecule has 0 saturated heterocycles. The minimum atomic E-state index is -1.29. The number of hydrogen-bond acceptors (Lipinski definition) is 8. The zero-order valence-electron chi connectivity index (χ0n) is 20.6. The van der Waals surface area contributed by atoms with Crippen LogP contribution in [-0.2, 0) is 9.47 Å². The van der Waals surface area contributed by atoms with Crippen LogP contribution in [0, 0.1) is 0 Å². The van der Waals surface area contributed by atoms with Crippen LogP contribution in [0.25, 0.3) is 0 Å². The molecule has 10 nitrogen and oxygen atoms in total. The van der Waals surface area contributed by atoms with Crippen LogP contribution < -0.4 is 17.4 Å². The molecule has 0 unspecified atom stereocenters. The summed E-state index contributed by atoms with van der Waals surface area (Å²) in [6, 6.07) is 1.35. The number of pyridine rings is 1. The maximum Gasteiger partial charge on any atom is 0.255 e. The number of anilines is 1. The maximum absolute atomic E-state index is 13.9. The number of amides is 1. The Kier molecular flexibility index (Phi) is 15.2. The molecule has 1 aromatic heterocycles. The monoisotopic (exact) mass is 495 g/mol. The van der Waals surface area contributed by atoms with Crippen LogP contribution in [0.5, 0.6) is 0 Å². The Hall–Kier alpha value is -3.61. The highest BCUT2D eigenvalue weighted by molar-refractivity contribution is 6.05. The van der Waals surface area contributed by atoms with E-state index in [1.165, 1.54) is 31.4 Å². The number of methoxy groups -OCH3 is 2. The van der Waals surface area contributed by atoms with E-state index in [4.69, 9.17) is 26.9 Å². The molecule has 0 spiro atoms. The zero-order valence-corrected chi connectivity index (χ0v) is 20.6. The molecule has 0 aliphatic carbocycles. The molecule has 6 N–H and O–H groups in total. The lowest BCUT2D eigenvalue weighted by Gasteiger charge is -2.24. The number of hydrazine groups is 1. The van der Waals surface area contributed by atoms with E-state index in [-0.39, 0.29) is 28.7 Å². The van der Waals surface area contributed by atoms with E-state index in [9.17, 15) is 13.6 Å². The largest absolute Gasteiger partial charge is 0.383 e. The molecule has 1 rings (SSSR count). The average molecular weight is 496 g/mol. The quantitative estimate of drug-likeness (QED) is 0.140. The summed E-state index contributed by atoms with van der Waals surface area (Å²) in [5, 5.41) is 4.11. The Balaban J connectivity index is 0.00000209. The van der Waals surface area contributed by atoms with Gasteiger partial charge in [-0.05, 0) is 19.9 Å². The van der Waals surface area contributed by atoms with Crippen molar-refractivity contribution in [1.82, 2.24) is 14.9 Å². The molecule has 0 atom stereocenters. The molecular weight excluding hydrogens is 460 g/mol. The summed E-state index contributed by atoms with van der Waals surface area (Å²) >= 11 is 0. The fraction of sp³-hybridized carbons (Fsp3) is 0.348. The van der Waals surface area contributed by atoms with Crippen LogP contribution in [0.1, 0.15) is 29.8 Å². The molecule has 0 fully saturated rings. The Morgan fingerprint density at radius 2 is 1.83 bits per heavy atom. The summed E-state index contributed by atoms with van der Waals surface area (Å²) in [4.78, 5) is 18.4. The van der Waals surface area contributed by atoms with Crippen molar-refractivity contribution in [2.45, 2.75) is 13.8 Å². The number of nitrogens with zero attached hydrogens (tertiary/aromatic N) is 4. The van der Waals surface area contributed by atoms with Crippen molar-refractivity contribution < 1.29 is 23.0 Å². The highest BCUT2D eigenvalue weighted by Gasteiger charge is 2.23. The number of nitrogen functional groups attached to an aromatic ring is 1. The van der Waals surface area contributed by atoms with Gasteiger partial charge in [-0.15, -0.1) is 0 Å². The molecule has 0 bridgehead atoms. The van der Waals surface area contributed by atoms with Gasteiger partial charge in [0.2, 0.25) is 0 Å². The maximum atomic E-state index is 13.9. The van der Waals surface area contributed by atoms with Gasteiger partial charge in [-0.3, -0.25) is 9.80 Å². The van der Waals surface area contributed by atoms with Crippen molar-refractivity contribution in [2.75, 3.05) is 46.3 Å². The Morgan fingerprint density at radius 1 is 1.26 bits per heavy atom. The Bertz CT molecular complexity index is 937. The van der Waals surface area contributed by atoms with E-state index in [0.29, 0.717) is 31.3 Å². The zero-order chi connectivity index (χ0) is 27.0. The molecule has 12 heteroatoms. The standard InChI is InChI=1S/C18H27F2N7O3.C5H8/c1-11(19)15(20)12(2)27(23)17(25-22)14-9-13(10-24-16(14)21)18(28)26(5-7-29-3)6-8-30-4;1-3-5-4-2/h9-10H,2,5-8,22-23H2,1,3-4H3,(H2,21,24);3-5H,1H2,2H3/b15-11-,25-17-;5-4-. The smallest absolute Gasteiger partial charge is 0.255 e. The molecule has 0 radical (unpaired) electrons. The third-order valence-electron chi connectivity index (χ3n) is 4.35. The molecule has 1 heterocycles. The average Bonchev–Trinajstić information content (AvgIpc) is 2.85. The first-order valence-corrected chi connectivity index (χ1v) is 10.4. The van der Waals surface area contributed by atoms with E-state index in [1.54, 1.807) is 6.08 Å². The highest BCUT2D eigenvalue weighted by Crippen LogP contribution is 2.22. The first-order chi connectivity index (χ1) is 16.6. The van der Waals surface area contributed by atoms with Gasteiger partial charge in [0.05, 0.1) is 30.0 Å².